The monoisotopic (exact) mass is 208 g/mol. The fourth-order valence-electron chi connectivity index (χ4n) is 1.16. The zero-order valence-corrected chi connectivity index (χ0v) is 8.06. The summed E-state index contributed by atoms with van der Waals surface area (Å²) in [5, 5.41) is 11.3. The van der Waals surface area contributed by atoms with Gasteiger partial charge in [0.1, 0.15) is 0 Å². The van der Waals surface area contributed by atoms with Crippen molar-refractivity contribution >= 4 is 17.6 Å². The van der Waals surface area contributed by atoms with Gasteiger partial charge in [0.2, 0.25) is 0 Å². The Kier molecular flexibility index (Phi) is 3.68. The van der Waals surface area contributed by atoms with Gasteiger partial charge in [-0.3, -0.25) is 9.59 Å². The van der Waals surface area contributed by atoms with E-state index in [1.807, 2.05) is 0 Å². The van der Waals surface area contributed by atoms with Crippen molar-refractivity contribution in [2.24, 2.45) is 5.73 Å². The molecule has 5 heteroatoms. The molecule has 0 saturated heterocycles. The molecule has 0 aliphatic heterocycles. The Hall–Kier alpha value is -2.04. The van der Waals surface area contributed by atoms with E-state index in [4.69, 9.17) is 10.8 Å². The number of carboxylic acids is 1. The molecule has 0 spiro atoms. The molecule has 1 aromatic carbocycles. The maximum Gasteiger partial charge on any atom is 0.305 e. The number of carbonyl (C=O) groups is 2. The summed E-state index contributed by atoms with van der Waals surface area (Å²) in [5.74, 6) is -1.42. The Morgan fingerprint density at radius 3 is 2.60 bits per heavy atom. The van der Waals surface area contributed by atoms with Crippen molar-refractivity contribution in [2.45, 2.75) is 6.42 Å². The normalized spacial score (nSPS) is 9.60. The lowest BCUT2D eigenvalue weighted by atomic mass is 10.1. The Labute approximate surface area is 86.9 Å². The summed E-state index contributed by atoms with van der Waals surface area (Å²) >= 11 is 0. The predicted octanol–water partition coefficient (Wildman–Crippen LogP) is 0.672. The molecule has 1 rings (SSSR count). The number of para-hydroxylation sites is 1. The van der Waals surface area contributed by atoms with Crippen molar-refractivity contribution in [2.75, 3.05) is 11.9 Å². The van der Waals surface area contributed by atoms with E-state index in [1.54, 1.807) is 24.3 Å². The van der Waals surface area contributed by atoms with E-state index in [-0.39, 0.29) is 13.0 Å². The van der Waals surface area contributed by atoms with Crippen LogP contribution in [0.3, 0.4) is 0 Å². The van der Waals surface area contributed by atoms with E-state index >= 15 is 0 Å². The molecule has 0 saturated carbocycles. The second-order valence-corrected chi connectivity index (χ2v) is 2.98. The number of rotatable bonds is 5. The minimum atomic E-state index is -0.890. The highest BCUT2D eigenvalue weighted by atomic mass is 16.4. The lowest BCUT2D eigenvalue weighted by Crippen LogP contribution is -2.15. The molecule has 0 bridgehead atoms. The van der Waals surface area contributed by atoms with Gasteiger partial charge in [-0.25, -0.2) is 0 Å². The molecular weight excluding hydrogens is 196 g/mol. The van der Waals surface area contributed by atoms with Crippen molar-refractivity contribution in [3.05, 3.63) is 29.8 Å². The molecule has 4 N–H and O–H groups in total. The van der Waals surface area contributed by atoms with Gasteiger partial charge in [0.25, 0.3) is 5.91 Å². The third-order valence-electron chi connectivity index (χ3n) is 1.85. The van der Waals surface area contributed by atoms with Crippen LogP contribution in [0.25, 0.3) is 0 Å². The highest BCUT2D eigenvalue weighted by molar-refractivity contribution is 5.98. The first-order valence-electron chi connectivity index (χ1n) is 4.45. The highest BCUT2D eigenvalue weighted by Gasteiger charge is 2.06. The number of anilines is 1. The molecule has 1 amide bonds. The number of aliphatic carboxylic acids is 1. The number of hydrogen-bond acceptors (Lipinski definition) is 3. The van der Waals surface area contributed by atoms with Crippen LogP contribution in [0.2, 0.25) is 0 Å². The van der Waals surface area contributed by atoms with Crippen LogP contribution in [0.5, 0.6) is 0 Å². The summed E-state index contributed by atoms with van der Waals surface area (Å²) in [6.45, 7) is 0.264. The highest BCUT2D eigenvalue weighted by Crippen LogP contribution is 2.13. The SMILES string of the molecule is NC(=O)c1ccccc1NCCC(=O)O. The molecule has 15 heavy (non-hydrogen) atoms. The minimum Gasteiger partial charge on any atom is -0.481 e. The lowest BCUT2D eigenvalue weighted by molar-refractivity contribution is -0.136. The first kappa shape index (κ1) is 11.0. The minimum absolute atomic E-state index is 0.00685. The van der Waals surface area contributed by atoms with Gasteiger partial charge in [-0.2, -0.15) is 0 Å². The lowest BCUT2D eigenvalue weighted by Gasteiger charge is -2.08. The van der Waals surface area contributed by atoms with Gasteiger partial charge in [0.15, 0.2) is 0 Å². The quantitative estimate of drug-likeness (QED) is 0.663. The number of benzene rings is 1. The summed E-state index contributed by atoms with van der Waals surface area (Å²) in [4.78, 5) is 21.3. The van der Waals surface area contributed by atoms with Crippen LogP contribution in [0.15, 0.2) is 24.3 Å². The first-order chi connectivity index (χ1) is 7.11. The summed E-state index contributed by atoms with van der Waals surface area (Å²) < 4.78 is 0. The summed E-state index contributed by atoms with van der Waals surface area (Å²) in [6, 6.07) is 6.71. The number of amides is 1. The third-order valence-corrected chi connectivity index (χ3v) is 1.85. The van der Waals surface area contributed by atoms with Crippen LogP contribution in [-0.4, -0.2) is 23.5 Å². The fourth-order valence-corrected chi connectivity index (χ4v) is 1.16. The van der Waals surface area contributed by atoms with Crippen LogP contribution in [0, 0.1) is 0 Å². The molecule has 0 atom stereocenters. The van der Waals surface area contributed by atoms with E-state index in [1.165, 1.54) is 0 Å². The zero-order chi connectivity index (χ0) is 11.3. The number of nitrogens with one attached hydrogen (secondary N) is 1. The number of hydrogen-bond donors (Lipinski definition) is 3. The van der Waals surface area contributed by atoms with E-state index < -0.39 is 11.9 Å². The van der Waals surface area contributed by atoms with E-state index in [0.29, 0.717) is 11.3 Å². The van der Waals surface area contributed by atoms with Gasteiger partial charge in [-0.1, -0.05) is 12.1 Å². The van der Waals surface area contributed by atoms with Crippen LogP contribution < -0.4 is 11.1 Å². The maximum absolute atomic E-state index is 11.0. The van der Waals surface area contributed by atoms with E-state index in [9.17, 15) is 9.59 Å². The standard InChI is InChI=1S/C10H12N2O3/c11-10(15)7-3-1-2-4-8(7)12-6-5-9(13)14/h1-4,12H,5-6H2,(H2,11,15)(H,13,14). The molecule has 0 aromatic heterocycles. The van der Waals surface area contributed by atoms with Gasteiger partial charge < -0.3 is 16.2 Å². The Morgan fingerprint density at radius 1 is 1.33 bits per heavy atom. The zero-order valence-electron chi connectivity index (χ0n) is 8.06. The molecule has 0 radical (unpaired) electrons. The topological polar surface area (TPSA) is 92.4 Å². The van der Waals surface area contributed by atoms with Crippen LogP contribution in [-0.2, 0) is 4.79 Å². The van der Waals surface area contributed by atoms with Gasteiger partial charge in [0.05, 0.1) is 12.0 Å². The van der Waals surface area contributed by atoms with Crippen LogP contribution in [0.1, 0.15) is 16.8 Å². The number of carboxylic acid groups (broad SMARTS) is 1. The second kappa shape index (κ2) is 4.99. The fraction of sp³-hybridized carbons (Fsp3) is 0.200. The van der Waals surface area contributed by atoms with Crippen molar-refractivity contribution in [1.29, 1.82) is 0 Å². The largest absolute Gasteiger partial charge is 0.481 e. The number of carbonyl (C=O) groups excluding carboxylic acids is 1. The Balaban J connectivity index is 2.67. The molecule has 1 aromatic rings. The first-order valence-corrected chi connectivity index (χ1v) is 4.45. The van der Waals surface area contributed by atoms with Crippen molar-refractivity contribution in [3.63, 3.8) is 0 Å². The number of nitrogens with two attached hydrogens (primary N) is 1. The predicted molar refractivity (Wildman–Crippen MR) is 55.7 cm³/mol. The van der Waals surface area contributed by atoms with Crippen molar-refractivity contribution < 1.29 is 14.7 Å². The van der Waals surface area contributed by atoms with Crippen molar-refractivity contribution in [3.8, 4) is 0 Å². The molecule has 0 unspecified atom stereocenters. The molecule has 0 aliphatic rings. The average molecular weight is 208 g/mol. The molecule has 0 heterocycles. The van der Waals surface area contributed by atoms with Crippen LogP contribution in [0.4, 0.5) is 5.69 Å². The summed E-state index contributed by atoms with van der Waals surface area (Å²) in [7, 11) is 0. The smallest absolute Gasteiger partial charge is 0.305 e. The summed E-state index contributed by atoms with van der Waals surface area (Å²) in [6.07, 6.45) is -0.00685. The summed E-state index contributed by atoms with van der Waals surface area (Å²) in [5.41, 5.74) is 6.08. The molecular formula is C10H12N2O3. The van der Waals surface area contributed by atoms with Crippen LogP contribution >= 0.6 is 0 Å². The van der Waals surface area contributed by atoms with Gasteiger partial charge in [-0.15, -0.1) is 0 Å². The molecule has 5 nitrogen and oxygen atoms in total. The Morgan fingerprint density at radius 2 is 2.00 bits per heavy atom. The third kappa shape index (κ3) is 3.30. The molecule has 0 fully saturated rings. The second-order valence-electron chi connectivity index (χ2n) is 2.98. The van der Waals surface area contributed by atoms with Crippen molar-refractivity contribution in [1.82, 2.24) is 0 Å². The maximum atomic E-state index is 11.0. The van der Waals surface area contributed by atoms with E-state index in [0.717, 1.165) is 0 Å². The molecule has 0 aliphatic carbocycles. The van der Waals surface area contributed by atoms with E-state index in [2.05, 4.69) is 5.32 Å². The number of primary amides is 1. The van der Waals surface area contributed by atoms with Gasteiger partial charge >= 0.3 is 5.97 Å². The Bertz CT molecular complexity index is 377. The molecule has 80 valence electrons. The average Bonchev–Trinajstić information content (AvgIpc) is 2.17. The van der Waals surface area contributed by atoms with Gasteiger partial charge in [0, 0.05) is 12.2 Å². The van der Waals surface area contributed by atoms with Gasteiger partial charge in [-0.05, 0) is 12.1 Å².